The maximum atomic E-state index is 12.7. The Hall–Kier alpha value is -4.75. The van der Waals surface area contributed by atoms with Gasteiger partial charge in [-0.2, -0.15) is 5.10 Å². The van der Waals surface area contributed by atoms with E-state index in [1.54, 1.807) is 91.0 Å². The van der Waals surface area contributed by atoms with Crippen LogP contribution >= 0.6 is 11.6 Å². The third-order valence-electron chi connectivity index (χ3n) is 4.89. The molecule has 8 heteroatoms. The van der Waals surface area contributed by atoms with Gasteiger partial charge in [0.15, 0.2) is 0 Å². The largest absolute Gasteiger partial charge is 0.423 e. The van der Waals surface area contributed by atoms with Crippen molar-refractivity contribution in [2.75, 3.05) is 0 Å². The number of nitrogens with one attached hydrogen (secondary N) is 1. The van der Waals surface area contributed by atoms with Crippen molar-refractivity contribution in [1.82, 2.24) is 5.43 Å². The van der Waals surface area contributed by atoms with Gasteiger partial charge in [0.1, 0.15) is 11.5 Å². The van der Waals surface area contributed by atoms with Gasteiger partial charge in [-0.25, -0.2) is 15.0 Å². The number of rotatable bonds is 7. The molecule has 0 aliphatic carbocycles. The zero-order chi connectivity index (χ0) is 25.3. The van der Waals surface area contributed by atoms with Crippen LogP contribution in [0.25, 0.3) is 0 Å². The number of carbonyl (C=O) groups is 3. The number of ether oxygens (including phenoxy) is 2. The minimum absolute atomic E-state index is 0.0895. The summed E-state index contributed by atoms with van der Waals surface area (Å²) in [5, 5.41) is 4.47. The van der Waals surface area contributed by atoms with Crippen LogP contribution < -0.4 is 14.9 Å². The summed E-state index contributed by atoms with van der Waals surface area (Å²) in [7, 11) is 0. The van der Waals surface area contributed by atoms with E-state index in [0.717, 1.165) is 0 Å². The first kappa shape index (κ1) is 24.4. The maximum Gasteiger partial charge on any atom is 0.343 e. The molecule has 0 saturated heterocycles. The summed E-state index contributed by atoms with van der Waals surface area (Å²) >= 11 is 5.85. The Morgan fingerprint density at radius 2 is 1.28 bits per heavy atom. The SMILES string of the molecule is O=C(N/N=C/c1ccc(OC(=O)c2ccccc2)cc1OC(=O)c1ccccc1)c1ccc(Cl)cc1. The maximum absolute atomic E-state index is 12.7. The van der Waals surface area contributed by atoms with Gasteiger partial charge in [0.25, 0.3) is 5.91 Å². The van der Waals surface area contributed by atoms with Crippen molar-refractivity contribution in [1.29, 1.82) is 0 Å². The molecule has 7 nitrogen and oxygen atoms in total. The van der Waals surface area contributed by atoms with Crippen LogP contribution in [0.1, 0.15) is 36.6 Å². The molecule has 4 rings (SSSR count). The van der Waals surface area contributed by atoms with Crippen molar-refractivity contribution >= 4 is 35.7 Å². The fourth-order valence-corrected chi connectivity index (χ4v) is 3.20. The number of esters is 2. The molecule has 0 aromatic heterocycles. The highest BCUT2D eigenvalue weighted by molar-refractivity contribution is 6.30. The first-order valence-corrected chi connectivity index (χ1v) is 11.1. The third kappa shape index (κ3) is 6.43. The lowest BCUT2D eigenvalue weighted by molar-refractivity contribution is 0.0732. The van der Waals surface area contributed by atoms with Gasteiger partial charge in [0, 0.05) is 22.2 Å². The van der Waals surface area contributed by atoms with Gasteiger partial charge >= 0.3 is 11.9 Å². The van der Waals surface area contributed by atoms with E-state index < -0.39 is 17.8 Å². The Morgan fingerprint density at radius 3 is 1.89 bits per heavy atom. The van der Waals surface area contributed by atoms with E-state index in [4.69, 9.17) is 21.1 Å². The number of benzene rings is 4. The van der Waals surface area contributed by atoms with Crippen molar-refractivity contribution < 1.29 is 23.9 Å². The molecular weight excluding hydrogens is 480 g/mol. The van der Waals surface area contributed by atoms with Crippen LogP contribution in [0.5, 0.6) is 11.5 Å². The Morgan fingerprint density at radius 1 is 0.694 bits per heavy atom. The van der Waals surface area contributed by atoms with E-state index >= 15 is 0 Å². The molecule has 1 amide bonds. The van der Waals surface area contributed by atoms with Gasteiger partial charge in [-0.3, -0.25) is 4.79 Å². The van der Waals surface area contributed by atoms with Crippen LogP contribution in [0.2, 0.25) is 5.02 Å². The van der Waals surface area contributed by atoms with Crippen molar-refractivity contribution in [3.63, 3.8) is 0 Å². The molecule has 178 valence electrons. The van der Waals surface area contributed by atoms with Crippen LogP contribution in [0, 0.1) is 0 Å². The highest BCUT2D eigenvalue weighted by atomic mass is 35.5. The second-order valence-electron chi connectivity index (χ2n) is 7.42. The second kappa shape index (κ2) is 11.6. The van der Waals surface area contributed by atoms with Crippen molar-refractivity contribution in [2.24, 2.45) is 5.10 Å². The zero-order valence-electron chi connectivity index (χ0n) is 18.8. The number of halogens is 1. The van der Waals surface area contributed by atoms with E-state index in [-0.39, 0.29) is 11.5 Å². The van der Waals surface area contributed by atoms with E-state index in [1.165, 1.54) is 18.3 Å². The van der Waals surface area contributed by atoms with E-state index in [9.17, 15) is 14.4 Å². The Balaban J connectivity index is 1.55. The average Bonchev–Trinajstić information content (AvgIpc) is 2.91. The number of carbonyl (C=O) groups excluding carboxylic acids is 3. The van der Waals surface area contributed by atoms with Gasteiger partial charge in [0.2, 0.25) is 0 Å². The van der Waals surface area contributed by atoms with Gasteiger partial charge in [0.05, 0.1) is 17.3 Å². The molecule has 0 radical (unpaired) electrons. The number of hydrogen-bond donors (Lipinski definition) is 1. The second-order valence-corrected chi connectivity index (χ2v) is 7.85. The molecule has 0 fully saturated rings. The van der Waals surface area contributed by atoms with Crippen molar-refractivity contribution in [2.45, 2.75) is 0 Å². The normalized spacial score (nSPS) is 10.6. The highest BCUT2D eigenvalue weighted by Crippen LogP contribution is 2.26. The topological polar surface area (TPSA) is 94.1 Å². The molecule has 0 bridgehead atoms. The molecule has 4 aromatic rings. The van der Waals surface area contributed by atoms with E-state index in [2.05, 4.69) is 10.5 Å². The summed E-state index contributed by atoms with van der Waals surface area (Å²) in [4.78, 5) is 37.4. The first-order chi connectivity index (χ1) is 17.5. The Bertz CT molecular complexity index is 1410. The van der Waals surface area contributed by atoms with Gasteiger partial charge in [-0.05, 0) is 60.7 Å². The van der Waals surface area contributed by atoms with Crippen molar-refractivity contribution in [3.8, 4) is 11.5 Å². The average molecular weight is 499 g/mol. The fraction of sp³-hybridized carbons (Fsp3) is 0. The number of nitrogens with zero attached hydrogens (tertiary/aromatic N) is 1. The summed E-state index contributed by atoms with van der Waals surface area (Å²) in [5.74, 6) is -1.36. The lowest BCUT2D eigenvalue weighted by Gasteiger charge is -2.10. The highest BCUT2D eigenvalue weighted by Gasteiger charge is 2.15. The van der Waals surface area contributed by atoms with E-state index in [1.807, 2.05) is 0 Å². The third-order valence-corrected chi connectivity index (χ3v) is 5.15. The minimum Gasteiger partial charge on any atom is -0.423 e. The number of hydrazone groups is 1. The van der Waals surface area contributed by atoms with Crippen LogP contribution in [0.3, 0.4) is 0 Å². The summed E-state index contributed by atoms with van der Waals surface area (Å²) < 4.78 is 11.0. The predicted molar refractivity (Wildman–Crippen MR) is 136 cm³/mol. The Labute approximate surface area is 211 Å². The van der Waals surface area contributed by atoms with Gasteiger partial charge in [-0.1, -0.05) is 48.0 Å². The monoisotopic (exact) mass is 498 g/mol. The smallest absolute Gasteiger partial charge is 0.343 e. The fourth-order valence-electron chi connectivity index (χ4n) is 3.07. The molecule has 1 N–H and O–H groups in total. The zero-order valence-corrected chi connectivity index (χ0v) is 19.5. The number of hydrogen-bond acceptors (Lipinski definition) is 6. The van der Waals surface area contributed by atoms with Gasteiger partial charge in [-0.15, -0.1) is 0 Å². The molecule has 0 spiro atoms. The van der Waals surface area contributed by atoms with Crippen LogP contribution in [0.4, 0.5) is 0 Å². The van der Waals surface area contributed by atoms with Crippen LogP contribution in [0.15, 0.2) is 108 Å². The molecule has 4 aromatic carbocycles. The molecule has 36 heavy (non-hydrogen) atoms. The van der Waals surface area contributed by atoms with E-state index in [0.29, 0.717) is 27.3 Å². The lowest BCUT2D eigenvalue weighted by Crippen LogP contribution is -2.17. The molecule has 0 heterocycles. The van der Waals surface area contributed by atoms with Crippen LogP contribution in [-0.2, 0) is 0 Å². The van der Waals surface area contributed by atoms with Gasteiger partial charge < -0.3 is 9.47 Å². The predicted octanol–water partition coefficient (Wildman–Crippen LogP) is 5.54. The Kier molecular flexibility index (Phi) is 7.85. The minimum atomic E-state index is -0.609. The first-order valence-electron chi connectivity index (χ1n) is 10.8. The summed E-state index contributed by atoms with van der Waals surface area (Å²) in [6.07, 6.45) is 1.32. The summed E-state index contributed by atoms with van der Waals surface area (Å²) in [6, 6.07) is 27.7. The van der Waals surface area contributed by atoms with Crippen molar-refractivity contribution in [3.05, 3.63) is 130 Å². The molecule has 0 aliphatic rings. The standard InChI is InChI=1S/C28H19ClN2O5/c29-23-14-11-19(12-15-23)26(32)31-30-18-22-13-16-24(35-27(33)20-7-3-1-4-8-20)17-25(22)36-28(34)21-9-5-2-6-10-21/h1-18H,(H,31,32)/b30-18+. The number of amides is 1. The quantitative estimate of drug-likeness (QED) is 0.156. The van der Waals surface area contributed by atoms with Crippen LogP contribution in [-0.4, -0.2) is 24.1 Å². The summed E-state index contributed by atoms with van der Waals surface area (Å²) in [5.41, 5.74) is 3.86. The molecule has 0 aliphatic heterocycles. The molecular formula is C28H19ClN2O5. The molecule has 0 atom stereocenters. The molecule has 0 unspecified atom stereocenters. The molecule has 0 saturated carbocycles. The summed E-state index contributed by atoms with van der Waals surface area (Å²) in [6.45, 7) is 0. The lowest BCUT2D eigenvalue weighted by atomic mass is 10.2.